The smallest absolute Gasteiger partial charge is 0.323 e. The van der Waals surface area contributed by atoms with Crippen molar-refractivity contribution in [2.24, 2.45) is 0 Å². The summed E-state index contributed by atoms with van der Waals surface area (Å²) in [6.45, 7) is 5.95. The number of thiazole rings is 1. The average Bonchev–Trinajstić information content (AvgIpc) is 3.35. The predicted molar refractivity (Wildman–Crippen MR) is 135 cm³/mol. The van der Waals surface area contributed by atoms with E-state index in [1.807, 2.05) is 69.3 Å². The van der Waals surface area contributed by atoms with Crippen LogP contribution < -0.4 is 10.2 Å². The number of fused-ring (bicyclic) bond motifs is 1. The van der Waals surface area contributed by atoms with Crippen molar-refractivity contribution in [2.45, 2.75) is 58.5 Å². The van der Waals surface area contributed by atoms with Crippen LogP contribution in [0.25, 0.3) is 10.2 Å². The predicted octanol–water partition coefficient (Wildman–Crippen LogP) is 5.03. The van der Waals surface area contributed by atoms with E-state index in [0.717, 1.165) is 39.1 Å². The maximum absolute atomic E-state index is 13.6. The third kappa shape index (κ3) is 4.55. The third-order valence-electron chi connectivity index (χ3n) is 6.22. The van der Waals surface area contributed by atoms with Gasteiger partial charge in [-0.3, -0.25) is 19.4 Å². The van der Waals surface area contributed by atoms with Gasteiger partial charge in [-0.1, -0.05) is 80.5 Å². The van der Waals surface area contributed by atoms with Gasteiger partial charge in [-0.25, -0.2) is 9.78 Å². The van der Waals surface area contributed by atoms with E-state index < -0.39 is 11.6 Å². The summed E-state index contributed by atoms with van der Waals surface area (Å²) in [6, 6.07) is 15.1. The number of benzene rings is 2. The summed E-state index contributed by atoms with van der Waals surface area (Å²) in [4.78, 5) is 47.1. The average molecular weight is 479 g/mol. The highest BCUT2D eigenvalue weighted by atomic mass is 32.1. The fourth-order valence-corrected chi connectivity index (χ4v) is 5.64. The number of carbonyl (C=O) groups excluding carboxylic acids is 3. The molecule has 178 valence electrons. The van der Waals surface area contributed by atoms with Crippen LogP contribution in [-0.4, -0.2) is 39.8 Å². The standard InChI is InChI=1S/C26H30N4O3S/c1-4-14-26(15-5-2)23(32)30(24(33)28-26)17-21(31)29(16-19-11-7-6-8-12-19)25-27-22-18(3)10-9-13-20(22)34-25/h6-13H,4-5,14-17H2,1-3H3,(H,28,33). The van der Waals surface area contributed by atoms with E-state index in [4.69, 9.17) is 4.98 Å². The number of para-hydroxylation sites is 1. The summed E-state index contributed by atoms with van der Waals surface area (Å²) >= 11 is 1.43. The van der Waals surface area contributed by atoms with Gasteiger partial charge in [0.1, 0.15) is 12.1 Å². The number of hydrogen-bond donors (Lipinski definition) is 1. The monoisotopic (exact) mass is 478 g/mol. The molecule has 2 aromatic carbocycles. The first-order valence-electron chi connectivity index (χ1n) is 11.7. The Morgan fingerprint density at radius 3 is 2.41 bits per heavy atom. The Morgan fingerprint density at radius 1 is 1.06 bits per heavy atom. The van der Waals surface area contributed by atoms with Gasteiger partial charge >= 0.3 is 6.03 Å². The van der Waals surface area contributed by atoms with Gasteiger partial charge in [0.25, 0.3) is 5.91 Å². The first-order chi connectivity index (χ1) is 16.4. The van der Waals surface area contributed by atoms with Crippen molar-refractivity contribution in [3.63, 3.8) is 0 Å². The van der Waals surface area contributed by atoms with Crippen molar-refractivity contribution in [2.75, 3.05) is 11.4 Å². The van der Waals surface area contributed by atoms with E-state index in [-0.39, 0.29) is 18.4 Å². The molecule has 1 aliphatic rings. The molecule has 4 amide bonds. The molecule has 4 rings (SSSR count). The Bertz CT molecular complexity index is 1200. The zero-order valence-corrected chi connectivity index (χ0v) is 20.7. The minimum absolute atomic E-state index is 0.303. The van der Waals surface area contributed by atoms with Gasteiger partial charge in [-0.05, 0) is 37.0 Å². The lowest BCUT2D eigenvalue weighted by Gasteiger charge is -2.26. The summed E-state index contributed by atoms with van der Waals surface area (Å²) in [5.74, 6) is -0.651. The van der Waals surface area contributed by atoms with Crippen molar-refractivity contribution >= 4 is 44.5 Å². The number of imide groups is 1. The minimum atomic E-state index is -0.919. The van der Waals surface area contributed by atoms with Crippen LogP contribution in [0, 0.1) is 6.92 Å². The number of hydrogen-bond acceptors (Lipinski definition) is 5. The van der Waals surface area contributed by atoms with Crippen molar-refractivity contribution in [1.29, 1.82) is 0 Å². The topological polar surface area (TPSA) is 82.6 Å². The first-order valence-corrected chi connectivity index (χ1v) is 12.5. The molecule has 0 atom stereocenters. The van der Waals surface area contributed by atoms with E-state index >= 15 is 0 Å². The van der Waals surface area contributed by atoms with E-state index in [2.05, 4.69) is 5.32 Å². The molecule has 0 unspecified atom stereocenters. The molecule has 1 fully saturated rings. The Kier molecular flexibility index (Phi) is 6.97. The van der Waals surface area contributed by atoms with Gasteiger partial charge in [0.2, 0.25) is 5.91 Å². The number of anilines is 1. The van der Waals surface area contributed by atoms with E-state index in [9.17, 15) is 14.4 Å². The zero-order chi connectivity index (χ0) is 24.3. The molecule has 2 heterocycles. The second kappa shape index (κ2) is 9.93. The number of amides is 4. The molecular weight excluding hydrogens is 448 g/mol. The number of aromatic nitrogens is 1. The number of urea groups is 1. The molecular formula is C26H30N4O3S. The molecule has 1 N–H and O–H groups in total. The van der Waals surface area contributed by atoms with Crippen LogP contribution >= 0.6 is 11.3 Å². The third-order valence-corrected chi connectivity index (χ3v) is 7.26. The summed E-state index contributed by atoms with van der Waals surface area (Å²) in [5.41, 5.74) is 1.91. The van der Waals surface area contributed by atoms with Gasteiger partial charge in [-0.15, -0.1) is 0 Å². The van der Waals surface area contributed by atoms with Gasteiger partial charge in [0.05, 0.1) is 16.8 Å². The van der Waals surface area contributed by atoms with Crippen LogP contribution in [0.15, 0.2) is 48.5 Å². The van der Waals surface area contributed by atoms with E-state index in [1.54, 1.807) is 4.90 Å². The fourth-order valence-electron chi connectivity index (χ4n) is 4.58. The van der Waals surface area contributed by atoms with Crippen LogP contribution in [0.3, 0.4) is 0 Å². The second-order valence-corrected chi connectivity index (χ2v) is 9.80. The van der Waals surface area contributed by atoms with Gasteiger partial charge < -0.3 is 5.32 Å². The number of nitrogens with one attached hydrogen (secondary N) is 1. The number of aryl methyl sites for hydroxylation is 1. The molecule has 0 spiro atoms. The molecule has 3 aromatic rings. The van der Waals surface area contributed by atoms with Crippen molar-refractivity contribution in [3.05, 3.63) is 59.7 Å². The molecule has 1 aliphatic heterocycles. The molecule has 7 nitrogen and oxygen atoms in total. The highest BCUT2D eigenvalue weighted by molar-refractivity contribution is 7.22. The summed E-state index contributed by atoms with van der Waals surface area (Å²) in [7, 11) is 0. The highest BCUT2D eigenvalue weighted by Gasteiger charge is 2.50. The second-order valence-electron chi connectivity index (χ2n) is 8.79. The Balaban J connectivity index is 1.65. The van der Waals surface area contributed by atoms with E-state index in [0.29, 0.717) is 24.5 Å². The van der Waals surface area contributed by atoms with Crippen LogP contribution in [0.1, 0.15) is 50.7 Å². The Hall–Kier alpha value is -3.26. The van der Waals surface area contributed by atoms with Gasteiger partial charge in [0, 0.05) is 0 Å². The fraction of sp³-hybridized carbons (Fsp3) is 0.385. The maximum atomic E-state index is 13.6. The molecule has 8 heteroatoms. The lowest BCUT2D eigenvalue weighted by atomic mass is 9.88. The highest BCUT2D eigenvalue weighted by Crippen LogP contribution is 2.32. The van der Waals surface area contributed by atoms with Crippen molar-refractivity contribution in [1.82, 2.24) is 15.2 Å². The number of rotatable bonds is 9. The molecule has 34 heavy (non-hydrogen) atoms. The summed E-state index contributed by atoms with van der Waals surface area (Å²) in [5, 5.41) is 3.44. The lowest BCUT2D eigenvalue weighted by Crippen LogP contribution is -2.48. The summed E-state index contributed by atoms with van der Waals surface area (Å²) in [6.07, 6.45) is 2.64. The van der Waals surface area contributed by atoms with Crippen LogP contribution in [-0.2, 0) is 16.1 Å². The minimum Gasteiger partial charge on any atom is -0.323 e. The quantitative estimate of drug-likeness (QED) is 0.437. The number of carbonyl (C=O) groups is 3. The first kappa shape index (κ1) is 23.9. The molecule has 1 aromatic heterocycles. The van der Waals surface area contributed by atoms with E-state index in [1.165, 1.54) is 11.3 Å². The van der Waals surface area contributed by atoms with Crippen LogP contribution in [0.4, 0.5) is 9.93 Å². The van der Waals surface area contributed by atoms with Crippen molar-refractivity contribution in [3.8, 4) is 0 Å². The summed E-state index contributed by atoms with van der Waals surface area (Å²) < 4.78 is 0.987. The Labute approximate surface area is 203 Å². The maximum Gasteiger partial charge on any atom is 0.325 e. The molecule has 1 saturated heterocycles. The van der Waals surface area contributed by atoms with Crippen molar-refractivity contribution < 1.29 is 14.4 Å². The zero-order valence-electron chi connectivity index (χ0n) is 19.8. The van der Waals surface area contributed by atoms with Crippen LogP contribution in [0.2, 0.25) is 0 Å². The lowest BCUT2D eigenvalue weighted by molar-refractivity contribution is -0.134. The number of nitrogens with zero attached hydrogens (tertiary/aromatic N) is 3. The molecule has 0 bridgehead atoms. The molecule has 0 radical (unpaired) electrons. The van der Waals surface area contributed by atoms with Gasteiger partial charge in [0.15, 0.2) is 5.13 Å². The SMILES string of the molecule is CCCC1(CCC)NC(=O)N(CC(=O)N(Cc2ccccc2)c2nc3c(C)cccc3s2)C1=O. The van der Waals surface area contributed by atoms with Crippen LogP contribution in [0.5, 0.6) is 0 Å². The largest absolute Gasteiger partial charge is 0.325 e. The molecule has 0 aliphatic carbocycles. The normalized spacial score (nSPS) is 15.1. The molecule has 0 saturated carbocycles. The van der Waals surface area contributed by atoms with Gasteiger partial charge in [-0.2, -0.15) is 0 Å². The Morgan fingerprint density at radius 2 is 1.76 bits per heavy atom.